The van der Waals surface area contributed by atoms with Gasteiger partial charge in [0.25, 0.3) is 0 Å². The quantitative estimate of drug-likeness (QED) is 0.0383. The van der Waals surface area contributed by atoms with Gasteiger partial charge in [-0.25, -0.2) is 4.79 Å². The standard InChI is InChI=1S/C51H56N4O8/c56-45-21-19-43(44-20-22-48(58)53-50(44)45)46(57)33-52-25-7-8-29-60-41-17-9-11-36(31-41)35-62-42-18-10-14-39(32-42)49(38-12-3-1-4-13-38)54-51(59)63-47-34-55(26-23-37(47)24-27-55)28-30-61-40-15-5-2-6-16-40/h1-6,9-22,31-32,37,46-47,49,52,57H,7-8,23-30,33-35H2,(H2-,53,54,56,58,59)/p+1/t37?,46-,47+,49?,55?/m1/s1. The predicted molar refractivity (Wildman–Crippen MR) is 242 cm³/mol. The van der Waals surface area contributed by atoms with Crippen molar-refractivity contribution in [2.75, 3.05) is 52.5 Å². The topological polar surface area (TPSA) is 151 Å². The highest BCUT2D eigenvalue weighted by molar-refractivity contribution is 5.87. The average Bonchev–Trinajstić information content (AvgIpc) is 3.31. The molecule has 63 heavy (non-hydrogen) atoms. The van der Waals surface area contributed by atoms with Gasteiger partial charge in [-0.1, -0.05) is 78.9 Å². The summed E-state index contributed by atoms with van der Waals surface area (Å²) in [6.45, 7) is 6.39. The molecule has 3 atom stereocenters. The molecule has 12 nitrogen and oxygen atoms in total. The van der Waals surface area contributed by atoms with E-state index in [-0.39, 0.29) is 17.4 Å². The van der Waals surface area contributed by atoms with E-state index in [1.165, 1.54) is 12.1 Å². The first-order chi connectivity index (χ1) is 30.8. The average molecular weight is 854 g/mol. The van der Waals surface area contributed by atoms with Gasteiger partial charge in [0.05, 0.1) is 37.4 Å². The molecule has 328 valence electrons. The van der Waals surface area contributed by atoms with E-state index in [1.807, 2.05) is 109 Å². The molecule has 6 aromatic rings. The van der Waals surface area contributed by atoms with Gasteiger partial charge in [0.1, 0.15) is 49.3 Å². The van der Waals surface area contributed by atoms with Gasteiger partial charge in [0, 0.05) is 36.8 Å². The molecule has 3 saturated heterocycles. The lowest BCUT2D eigenvalue weighted by Gasteiger charge is -2.51. The van der Waals surface area contributed by atoms with Crippen molar-refractivity contribution in [2.45, 2.75) is 50.5 Å². The van der Waals surface area contributed by atoms with E-state index >= 15 is 0 Å². The van der Waals surface area contributed by atoms with Crippen LogP contribution in [-0.4, -0.2) is 84.4 Å². The van der Waals surface area contributed by atoms with Crippen LogP contribution in [0.15, 0.2) is 138 Å². The predicted octanol–water partition coefficient (Wildman–Crippen LogP) is 7.80. The molecule has 5 aromatic carbocycles. The summed E-state index contributed by atoms with van der Waals surface area (Å²) in [6, 6.07) is 41.3. The molecule has 5 N–H and O–H groups in total. The van der Waals surface area contributed by atoms with Crippen LogP contribution >= 0.6 is 0 Å². The van der Waals surface area contributed by atoms with E-state index in [2.05, 4.69) is 15.6 Å². The Bertz CT molecular complexity index is 2470. The van der Waals surface area contributed by atoms with E-state index in [0.29, 0.717) is 61.0 Å². The summed E-state index contributed by atoms with van der Waals surface area (Å²) in [4.78, 5) is 28.1. The number of unbranched alkanes of at least 4 members (excludes halogenated alkanes) is 1. The van der Waals surface area contributed by atoms with Crippen molar-refractivity contribution in [3.63, 3.8) is 0 Å². The summed E-state index contributed by atoms with van der Waals surface area (Å²) >= 11 is 0. The van der Waals surface area contributed by atoms with Crippen LogP contribution < -0.4 is 30.4 Å². The zero-order valence-electron chi connectivity index (χ0n) is 35.5. The number of rotatable bonds is 20. The molecule has 3 aliphatic rings. The van der Waals surface area contributed by atoms with Crippen molar-refractivity contribution in [2.24, 2.45) is 5.92 Å². The Kier molecular flexibility index (Phi) is 14.2. The van der Waals surface area contributed by atoms with Crippen molar-refractivity contribution in [3.05, 3.63) is 166 Å². The molecule has 0 aliphatic carbocycles. The van der Waals surface area contributed by atoms with Gasteiger partial charge in [0.15, 0.2) is 6.10 Å². The van der Waals surface area contributed by atoms with Gasteiger partial charge < -0.3 is 49.3 Å². The number of H-pyrrole nitrogens is 1. The SMILES string of the molecule is O=C(NC(c1ccccc1)c1cccc(OCc2cccc(OCCCCNC[C@@H](O)c3ccc(O)c4[nH]c(=O)ccc34)c2)c1)O[C@H]1C[N+]2(CCOc3ccccc3)CCC1CC2. The van der Waals surface area contributed by atoms with E-state index in [1.54, 1.807) is 12.1 Å². The number of aliphatic hydroxyl groups excluding tert-OH is 1. The van der Waals surface area contributed by atoms with Crippen LogP contribution in [0.3, 0.4) is 0 Å². The number of pyridine rings is 1. The highest BCUT2D eigenvalue weighted by Crippen LogP contribution is 2.36. The Morgan fingerprint density at radius 1 is 0.762 bits per heavy atom. The molecule has 0 saturated carbocycles. The summed E-state index contributed by atoms with van der Waals surface area (Å²) in [7, 11) is 0. The zero-order valence-corrected chi connectivity index (χ0v) is 35.5. The number of fused-ring (bicyclic) bond motifs is 4. The van der Waals surface area contributed by atoms with E-state index in [4.69, 9.17) is 18.9 Å². The smallest absolute Gasteiger partial charge is 0.408 e. The second-order valence-electron chi connectivity index (χ2n) is 16.7. The lowest BCUT2D eigenvalue weighted by Crippen LogP contribution is -2.65. The Hall–Kier alpha value is -6.34. The minimum atomic E-state index is -0.805. The maximum absolute atomic E-state index is 13.7. The number of aromatic nitrogens is 1. The first-order valence-corrected chi connectivity index (χ1v) is 22.0. The number of phenolic OH excluding ortho intramolecular Hbond substituents is 1. The fraction of sp³-hybridized carbons (Fsp3) is 0.333. The number of amides is 1. The van der Waals surface area contributed by atoms with E-state index in [9.17, 15) is 19.8 Å². The van der Waals surface area contributed by atoms with Gasteiger partial charge in [-0.15, -0.1) is 0 Å². The minimum absolute atomic E-state index is 0.0340. The van der Waals surface area contributed by atoms with Gasteiger partial charge in [-0.2, -0.15) is 0 Å². The number of quaternary nitrogens is 1. The van der Waals surface area contributed by atoms with Gasteiger partial charge in [-0.3, -0.25) is 4.79 Å². The lowest BCUT2D eigenvalue weighted by atomic mass is 9.83. The van der Waals surface area contributed by atoms with Crippen LogP contribution in [0.5, 0.6) is 23.0 Å². The number of carbonyl (C=O) groups is 1. The number of nitrogens with zero attached hydrogens (tertiary/aromatic N) is 1. The second kappa shape index (κ2) is 20.7. The van der Waals surface area contributed by atoms with E-state index in [0.717, 1.165) is 84.5 Å². The van der Waals surface area contributed by atoms with Crippen molar-refractivity contribution < 1.29 is 38.4 Å². The fourth-order valence-corrected chi connectivity index (χ4v) is 8.95. The zero-order chi connectivity index (χ0) is 43.4. The third kappa shape index (κ3) is 11.4. The van der Waals surface area contributed by atoms with Crippen molar-refractivity contribution in [3.8, 4) is 23.0 Å². The Balaban J connectivity index is 0.799. The first kappa shape index (κ1) is 43.3. The first-order valence-electron chi connectivity index (χ1n) is 22.0. The number of aromatic hydroxyl groups is 1. The molecule has 2 bridgehead atoms. The highest BCUT2D eigenvalue weighted by atomic mass is 16.6. The molecular formula is C51H57N4O8+. The van der Waals surface area contributed by atoms with Crippen molar-refractivity contribution >= 4 is 17.0 Å². The number of alkyl carbamates (subject to hydrolysis) is 1. The second-order valence-corrected chi connectivity index (χ2v) is 16.7. The van der Waals surface area contributed by atoms with E-state index < -0.39 is 18.2 Å². The number of para-hydroxylation sites is 1. The van der Waals surface area contributed by atoms with Crippen LogP contribution in [0.1, 0.15) is 60.1 Å². The molecule has 4 heterocycles. The normalized spacial score (nSPS) is 18.9. The molecule has 1 amide bonds. The molecule has 9 rings (SSSR count). The van der Waals surface area contributed by atoms with Gasteiger partial charge in [-0.05, 0) is 90.2 Å². The number of piperidine rings is 3. The van der Waals surface area contributed by atoms with Crippen LogP contribution in [0, 0.1) is 5.92 Å². The summed E-state index contributed by atoms with van der Waals surface area (Å²) < 4.78 is 25.6. The number of carbonyl (C=O) groups excluding carboxylic acids is 1. The van der Waals surface area contributed by atoms with Crippen LogP contribution in [0.2, 0.25) is 0 Å². The van der Waals surface area contributed by atoms with Crippen molar-refractivity contribution in [1.82, 2.24) is 15.6 Å². The number of ether oxygens (including phenoxy) is 4. The van der Waals surface area contributed by atoms with Gasteiger partial charge in [0.2, 0.25) is 5.56 Å². The number of phenols is 1. The Morgan fingerprint density at radius 2 is 1.48 bits per heavy atom. The maximum atomic E-state index is 13.7. The molecule has 3 aliphatic heterocycles. The lowest BCUT2D eigenvalue weighted by molar-refractivity contribution is -0.946. The summed E-state index contributed by atoms with van der Waals surface area (Å²) in [5, 5.41) is 28.0. The number of nitrogens with one attached hydrogen (secondary N) is 3. The molecule has 1 aromatic heterocycles. The van der Waals surface area contributed by atoms with Crippen LogP contribution in [0.4, 0.5) is 4.79 Å². The third-order valence-corrected chi connectivity index (χ3v) is 12.4. The fourth-order valence-electron chi connectivity index (χ4n) is 8.95. The van der Waals surface area contributed by atoms with Crippen molar-refractivity contribution in [1.29, 1.82) is 0 Å². The molecule has 3 fully saturated rings. The Morgan fingerprint density at radius 3 is 2.29 bits per heavy atom. The highest BCUT2D eigenvalue weighted by Gasteiger charge is 2.47. The summed E-state index contributed by atoms with van der Waals surface area (Å²) in [5.41, 5.74) is 3.43. The Labute approximate surface area is 368 Å². The number of hydrogen-bond donors (Lipinski definition) is 5. The third-order valence-electron chi connectivity index (χ3n) is 12.4. The molecular weight excluding hydrogens is 797 g/mol. The molecule has 0 spiro atoms. The maximum Gasteiger partial charge on any atom is 0.408 e. The van der Waals surface area contributed by atoms with Gasteiger partial charge >= 0.3 is 6.09 Å². The molecule has 0 radical (unpaired) electrons. The molecule has 1 unspecified atom stereocenters. The number of aliphatic hydroxyl groups is 1. The monoisotopic (exact) mass is 853 g/mol. The van der Waals surface area contributed by atoms with Crippen LogP contribution in [-0.2, 0) is 11.3 Å². The number of benzene rings is 5. The summed E-state index contributed by atoms with van der Waals surface area (Å²) in [6.07, 6.45) is 2.38. The van der Waals surface area contributed by atoms with Crippen LogP contribution in [0.25, 0.3) is 10.9 Å². The summed E-state index contributed by atoms with van der Waals surface area (Å²) in [5.74, 6) is 2.65. The largest absolute Gasteiger partial charge is 0.506 e. The molecule has 12 heteroatoms. The minimum Gasteiger partial charge on any atom is -0.506 e. The number of hydrogen-bond acceptors (Lipinski definition) is 9. The number of aromatic amines is 1.